The molecule has 0 fully saturated rings. The third kappa shape index (κ3) is 5.26. The number of nitrogens with zero attached hydrogens (tertiary/aromatic N) is 2. The molecule has 10 heteroatoms. The Bertz CT molecular complexity index is 993. The molecular weight excluding hydrogens is 396 g/mol. The largest absolute Gasteiger partial charge is 0.493 e. The van der Waals surface area contributed by atoms with Crippen LogP contribution in [0.25, 0.3) is 11.5 Å². The number of aromatic nitrogens is 2. The van der Waals surface area contributed by atoms with Gasteiger partial charge in [-0.3, -0.25) is 20.4 Å². The van der Waals surface area contributed by atoms with Gasteiger partial charge in [-0.1, -0.05) is 30.0 Å². The van der Waals surface area contributed by atoms with Gasteiger partial charge in [0.2, 0.25) is 11.8 Å². The lowest BCUT2D eigenvalue weighted by Gasteiger charge is -2.07. The molecule has 1 heterocycles. The van der Waals surface area contributed by atoms with Crippen LogP contribution in [-0.2, 0) is 4.79 Å². The fraction of sp³-hybridized carbons (Fsp3) is 0.158. The number of hydrogen-bond donors (Lipinski definition) is 2. The van der Waals surface area contributed by atoms with Crippen molar-refractivity contribution in [2.24, 2.45) is 0 Å². The highest BCUT2D eigenvalue weighted by Gasteiger charge is 2.14. The van der Waals surface area contributed by atoms with Crippen molar-refractivity contribution >= 4 is 23.6 Å². The van der Waals surface area contributed by atoms with Crippen LogP contribution in [0, 0.1) is 0 Å². The molecule has 2 N–H and O–H groups in total. The maximum atomic E-state index is 11.9. The summed E-state index contributed by atoms with van der Waals surface area (Å²) in [5.74, 6) is 0.571. The molecule has 3 aromatic rings. The molecule has 2 aromatic carbocycles. The zero-order valence-corrected chi connectivity index (χ0v) is 16.5. The summed E-state index contributed by atoms with van der Waals surface area (Å²) in [4.78, 5) is 23.8. The number of rotatable bonds is 7. The normalized spacial score (nSPS) is 10.3. The minimum atomic E-state index is -0.412. The van der Waals surface area contributed by atoms with Gasteiger partial charge in [-0.25, -0.2) is 0 Å². The van der Waals surface area contributed by atoms with Crippen LogP contribution in [-0.4, -0.2) is 42.0 Å². The van der Waals surface area contributed by atoms with E-state index in [2.05, 4.69) is 21.0 Å². The zero-order valence-electron chi connectivity index (χ0n) is 15.7. The van der Waals surface area contributed by atoms with Crippen molar-refractivity contribution in [1.29, 1.82) is 0 Å². The van der Waals surface area contributed by atoms with Crippen LogP contribution < -0.4 is 20.3 Å². The van der Waals surface area contributed by atoms with Crippen LogP contribution in [0.2, 0.25) is 0 Å². The quantitative estimate of drug-likeness (QED) is 0.447. The highest BCUT2D eigenvalue weighted by atomic mass is 32.2. The second-order valence-electron chi connectivity index (χ2n) is 5.60. The molecule has 0 saturated heterocycles. The first-order valence-corrected chi connectivity index (χ1v) is 9.42. The summed E-state index contributed by atoms with van der Waals surface area (Å²) in [6.45, 7) is 0. The lowest BCUT2D eigenvalue weighted by Crippen LogP contribution is -2.42. The number of hydrazine groups is 1. The Hall–Kier alpha value is -3.53. The number of amides is 2. The average molecular weight is 414 g/mol. The Kier molecular flexibility index (Phi) is 6.69. The average Bonchev–Trinajstić information content (AvgIpc) is 3.25. The number of methoxy groups -OCH3 is 2. The fourth-order valence-corrected chi connectivity index (χ4v) is 2.87. The summed E-state index contributed by atoms with van der Waals surface area (Å²) in [5.41, 5.74) is 5.78. The van der Waals surface area contributed by atoms with Crippen LogP contribution >= 0.6 is 11.8 Å². The van der Waals surface area contributed by atoms with Gasteiger partial charge in [-0.05, 0) is 30.3 Å². The lowest BCUT2D eigenvalue weighted by molar-refractivity contribution is -0.119. The lowest BCUT2D eigenvalue weighted by atomic mass is 10.2. The van der Waals surface area contributed by atoms with E-state index >= 15 is 0 Å². The molecular formula is C19H18N4O5S. The first kappa shape index (κ1) is 20.2. The first-order valence-electron chi connectivity index (χ1n) is 8.43. The van der Waals surface area contributed by atoms with E-state index in [1.165, 1.54) is 7.11 Å². The van der Waals surface area contributed by atoms with E-state index in [1.54, 1.807) is 55.6 Å². The first-order chi connectivity index (χ1) is 14.1. The molecule has 0 atom stereocenters. The van der Waals surface area contributed by atoms with Crippen LogP contribution in [0.4, 0.5) is 0 Å². The number of hydrogen-bond acceptors (Lipinski definition) is 8. The number of benzene rings is 2. The van der Waals surface area contributed by atoms with Crippen LogP contribution in [0.15, 0.2) is 58.2 Å². The van der Waals surface area contributed by atoms with Crippen LogP contribution in [0.5, 0.6) is 11.5 Å². The van der Waals surface area contributed by atoms with Gasteiger partial charge < -0.3 is 13.9 Å². The van der Waals surface area contributed by atoms with Crippen LogP contribution in [0.3, 0.4) is 0 Å². The van der Waals surface area contributed by atoms with Gasteiger partial charge in [0, 0.05) is 11.1 Å². The number of carbonyl (C=O) groups is 2. The van der Waals surface area contributed by atoms with Crippen molar-refractivity contribution in [1.82, 2.24) is 21.0 Å². The second kappa shape index (κ2) is 9.60. The Morgan fingerprint density at radius 2 is 1.76 bits per heavy atom. The second-order valence-corrected chi connectivity index (χ2v) is 6.53. The van der Waals surface area contributed by atoms with Gasteiger partial charge in [0.1, 0.15) is 0 Å². The third-order valence-corrected chi connectivity index (χ3v) is 4.53. The van der Waals surface area contributed by atoms with Crippen molar-refractivity contribution in [3.63, 3.8) is 0 Å². The minimum Gasteiger partial charge on any atom is -0.493 e. The topological polar surface area (TPSA) is 116 Å². The summed E-state index contributed by atoms with van der Waals surface area (Å²) in [5, 5.41) is 8.11. The molecule has 0 aliphatic carbocycles. The van der Waals surface area contributed by atoms with Crippen molar-refractivity contribution in [2.75, 3.05) is 20.0 Å². The Morgan fingerprint density at radius 3 is 2.48 bits per heavy atom. The van der Waals surface area contributed by atoms with Crippen molar-refractivity contribution in [3.8, 4) is 23.0 Å². The van der Waals surface area contributed by atoms with Gasteiger partial charge >= 0.3 is 0 Å². The molecule has 150 valence electrons. The van der Waals surface area contributed by atoms with E-state index < -0.39 is 11.8 Å². The van der Waals surface area contributed by atoms with E-state index in [9.17, 15) is 9.59 Å². The van der Waals surface area contributed by atoms with E-state index in [1.807, 2.05) is 0 Å². The van der Waals surface area contributed by atoms with E-state index in [0.29, 0.717) is 22.6 Å². The summed E-state index contributed by atoms with van der Waals surface area (Å²) >= 11 is 1.05. The summed E-state index contributed by atoms with van der Waals surface area (Å²) in [6.07, 6.45) is 0. The van der Waals surface area contributed by atoms with Gasteiger partial charge in [-0.15, -0.1) is 10.2 Å². The fourth-order valence-electron chi connectivity index (χ4n) is 2.31. The molecule has 1 aromatic heterocycles. The minimum absolute atomic E-state index is 0.0113. The molecule has 0 saturated carbocycles. The number of ether oxygens (including phenoxy) is 2. The molecule has 0 aliphatic heterocycles. The van der Waals surface area contributed by atoms with Gasteiger partial charge in [0.25, 0.3) is 11.1 Å². The van der Waals surface area contributed by atoms with E-state index in [0.717, 1.165) is 11.8 Å². The number of nitrogens with one attached hydrogen (secondary N) is 2. The number of carbonyl (C=O) groups excluding carboxylic acids is 2. The zero-order chi connectivity index (χ0) is 20.6. The maximum Gasteiger partial charge on any atom is 0.277 e. The molecule has 0 radical (unpaired) electrons. The molecule has 0 bridgehead atoms. The van der Waals surface area contributed by atoms with Crippen molar-refractivity contribution in [3.05, 3.63) is 54.1 Å². The third-order valence-electron chi connectivity index (χ3n) is 3.72. The molecule has 3 rings (SSSR count). The van der Waals surface area contributed by atoms with Gasteiger partial charge in [-0.2, -0.15) is 0 Å². The summed E-state index contributed by atoms with van der Waals surface area (Å²) in [7, 11) is 3.08. The van der Waals surface area contributed by atoms with Crippen molar-refractivity contribution in [2.45, 2.75) is 5.22 Å². The number of thioether (sulfide) groups is 1. The SMILES string of the molecule is COc1ccc(-c2nnc(SCC(=O)NNC(=O)c3ccccc3)o2)cc1OC. The predicted octanol–water partition coefficient (Wildman–Crippen LogP) is 2.31. The van der Waals surface area contributed by atoms with Crippen molar-refractivity contribution < 1.29 is 23.5 Å². The summed E-state index contributed by atoms with van der Waals surface area (Å²) < 4.78 is 16.0. The molecule has 0 unspecified atom stereocenters. The van der Waals surface area contributed by atoms with E-state index in [-0.39, 0.29) is 16.9 Å². The standard InChI is InChI=1S/C19H18N4O5S/c1-26-14-9-8-13(10-15(14)27-2)18-22-23-19(28-18)29-11-16(24)20-21-17(25)12-6-4-3-5-7-12/h3-10H,11H2,1-2H3,(H,20,24)(H,21,25). The Labute approximate surface area is 170 Å². The molecule has 2 amide bonds. The predicted molar refractivity (Wildman–Crippen MR) is 106 cm³/mol. The Balaban J connectivity index is 1.52. The van der Waals surface area contributed by atoms with Gasteiger partial charge in [0.15, 0.2) is 11.5 Å². The maximum absolute atomic E-state index is 11.9. The Morgan fingerprint density at radius 1 is 1.00 bits per heavy atom. The highest BCUT2D eigenvalue weighted by molar-refractivity contribution is 7.99. The summed E-state index contributed by atoms with van der Waals surface area (Å²) in [6, 6.07) is 13.8. The van der Waals surface area contributed by atoms with E-state index in [4.69, 9.17) is 13.9 Å². The molecule has 0 spiro atoms. The van der Waals surface area contributed by atoms with Crippen LogP contribution in [0.1, 0.15) is 10.4 Å². The highest BCUT2D eigenvalue weighted by Crippen LogP contribution is 2.32. The smallest absolute Gasteiger partial charge is 0.277 e. The molecule has 0 aliphatic rings. The molecule has 9 nitrogen and oxygen atoms in total. The van der Waals surface area contributed by atoms with Gasteiger partial charge in [0.05, 0.1) is 20.0 Å². The monoisotopic (exact) mass is 414 g/mol. The molecule has 29 heavy (non-hydrogen) atoms.